The molecule has 1 aliphatic heterocycles. The highest BCUT2D eigenvalue weighted by Gasteiger charge is 2.40. The summed E-state index contributed by atoms with van der Waals surface area (Å²) >= 11 is 0. The Morgan fingerprint density at radius 2 is 2.22 bits per heavy atom. The average Bonchev–Trinajstić information content (AvgIpc) is 2.34. The molecule has 0 fully saturated rings. The highest BCUT2D eigenvalue weighted by molar-refractivity contribution is 6.02. The smallest absolute Gasteiger partial charge is 0.271 e. The van der Waals surface area contributed by atoms with Gasteiger partial charge < -0.3 is 10.5 Å². The van der Waals surface area contributed by atoms with Crippen LogP contribution < -0.4 is 15.4 Å². The predicted octanol–water partition coefficient (Wildman–Crippen LogP) is 1.28. The molecule has 0 aliphatic carbocycles. The van der Waals surface area contributed by atoms with E-state index in [1.165, 1.54) is 0 Å². The summed E-state index contributed by atoms with van der Waals surface area (Å²) in [5.41, 5.74) is 6.34. The number of benzene rings is 1. The molecule has 1 aromatic rings. The Hall–Kier alpha value is -1.99. The summed E-state index contributed by atoms with van der Waals surface area (Å²) in [5.74, 6) is 3.02. The zero-order chi connectivity index (χ0) is 13.3. The fraction of sp³-hybridized carbons (Fsp3) is 0.357. The van der Waals surface area contributed by atoms with Crippen molar-refractivity contribution in [3.05, 3.63) is 23.8 Å². The van der Waals surface area contributed by atoms with Gasteiger partial charge in [0.2, 0.25) is 0 Å². The van der Waals surface area contributed by atoms with Crippen LogP contribution in [0.3, 0.4) is 0 Å². The van der Waals surface area contributed by atoms with Gasteiger partial charge in [-0.05, 0) is 31.5 Å². The van der Waals surface area contributed by atoms with Crippen LogP contribution in [0.15, 0.2) is 18.2 Å². The average molecular weight is 244 g/mol. The van der Waals surface area contributed by atoms with Crippen molar-refractivity contribution in [3.63, 3.8) is 0 Å². The molecule has 1 aliphatic rings. The van der Waals surface area contributed by atoms with Gasteiger partial charge in [-0.3, -0.25) is 9.69 Å². The van der Waals surface area contributed by atoms with Gasteiger partial charge in [0.1, 0.15) is 5.75 Å². The van der Waals surface area contributed by atoms with Crippen LogP contribution in [0, 0.1) is 12.3 Å². The maximum atomic E-state index is 12.3. The maximum Gasteiger partial charge on any atom is 0.271 e. The fourth-order valence-electron chi connectivity index (χ4n) is 1.99. The van der Waals surface area contributed by atoms with Gasteiger partial charge >= 0.3 is 0 Å². The molecule has 0 saturated heterocycles. The van der Waals surface area contributed by atoms with Crippen molar-refractivity contribution >= 4 is 11.6 Å². The summed E-state index contributed by atoms with van der Waals surface area (Å²) in [4.78, 5) is 13.8. The molecule has 0 unspecified atom stereocenters. The molecule has 1 amide bonds. The summed E-state index contributed by atoms with van der Waals surface area (Å²) < 4.78 is 5.71. The number of fused-ring (bicyclic) bond motifs is 1. The number of carbonyl (C=O) groups is 1. The number of hydrogen-bond donors (Lipinski definition) is 1. The van der Waals surface area contributed by atoms with E-state index in [0.717, 1.165) is 5.56 Å². The monoisotopic (exact) mass is 244 g/mol. The molecule has 4 heteroatoms. The van der Waals surface area contributed by atoms with Gasteiger partial charge in [0.25, 0.3) is 5.91 Å². The van der Waals surface area contributed by atoms with Gasteiger partial charge in [0.05, 0.1) is 12.2 Å². The molecule has 2 N–H and O–H groups in total. The van der Waals surface area contributed by atoms with Gasteiger partial charge in [0.15, 0.2) is 5.60 Å². The number of ether oxygens (including phenoxy) is 1. The minimum atomic E-state index is -0.895. The van der Waals surface area contributed by atoms with E-state index in [1.807, 2.05) is 18.2 Å². The van der Waals surface area contributed by atoms with Crippen LogP contribution in [0.4, 0.5) is 5.69 Å². The third-order valence-corrected chi connectivity index (χ3v) is 2.92. The highest BCUT2D eigenvalue weighted by atomic mass is 16.5. The zero-order valence-corrected chi connectivity index (χ0v) is 10.6. The van der Waals surface area contributed by atoms with Crippen molar-refractivity contribution in [1.82, 2.24) is 0 Å². The molecule has 1 aromatic carbocycles. The lowest BCUT2D eigenvalue weighted by Crippen LogP contribution is -2.52. The molecular weight excluding hydrogens is 228 g/mol. The van der Waals surface area contributed by atoms with Crippen molar-refractivity contribution in [2.45, 2.75) is 26.0 Å². The topological polar surface area (TPSA) is 55.6 Å². The van der Waals surface area contributed by atoms with Crippen LogP contribution >= 0.6 is 0 Å². The Kier molecular flexibility index (Phi) is 3.02. The van der Waals surface area contributed by atoms with Crippen LogP contribution in [0.25, 0.3) is 0 Å². The third-order valence-electron chi connectivity index (χ3n) is 2.92. The summed E-state index contributed by atoms with van der Waals surface area (Å²) in [6, 6.07) is 5.56. The van der Waals surface area contributed by atoms with Gasteiger partial charge in [-0.2, -0.15) is 0 Å². The third kappa shape index (κ3) is 1.93. The van der Waals surface area contributed by atoms with Crippen molar-refractivity contribution in [2.24, 2.45) is 5.73 Å². The molecule has 94 valence electrons. The van der Waals surface area contributed by atoms with Gasteiger partial charge in [0, 0.05) is 6.54 Å². The van der Waals surface area contributed by atoms with Gasteiger partial charge in [-0.25, -0.2) is 0 Å². The Labute approximate surface area is 107 Å². The van der Waals surface area contributed by atoms with Crippen molar-refractivity contribution in [3.8, 4) is 18.1 Å². The van der Waals surface area contributed by atoms with E-state index in [-0.39, 0.29) is 12.5 Å². The lowest BCUT2D eigenvalue weighted by Gasteiger charge is -2.38. The Morgan fingerprint density at radius 1 is 1.50 bits per heavy atom. The fourth-order valence-corrected chi connectivity index (χ4v) is 1.99. The SMILES string of the molecule is C#CCN1C(=O)C(C)(C)Oc2ccc(CN)cc21. The molecule has 2 rings (SSSR count). The first-order valence-corrected chi connectivity index (χ1v) is 5.77. The zero-order valence-electron chi connectivity index (χ0n) is 10.6. The predicted molar refractivity (Wildman–Crippen MR) is 70.2 cm³/mol. The second-order valence-electron chi connectivity index (χ2n) is 4.71. The minimum Gasteiger partial charge on any atom is -0.476 e. The number of rotatable bonds is 2. The highest BCUT2D eigenvalue weighted by Crippen LogP contribution is 2.38. The first-order valence-electron chi connectivity index (χ1n) is 5.77. The first kappa shape index (κ1) is 12.5. The molecule has 0 spiro atoms. The summed E-state index contributed by atoms with van der Waals surface area (Å²) in [7, 11) is 0. The van der Waals surface area contributed by atoms with E-state index >= 15 is 0 Å². The first-order chi connectivity index (χ1) is 8.49. The quantitative estimate of drug-likeness (QED) is 0.797. The number of terminal acetylenes is 1. The van der Waals surface area contributed by atoms with E-state index in [4.69, 9.17) is 16.9 Å². The number of nitrogens with zero attached hydrogens (tertiary/aromatic N) is 1. The van der Waals surface area contributed by atoms with Crippen molar-refractivity contribution < 1.29 is 9.53 Å². The second-order valence-corrected chi connectivity index (χ2v) is 4.71. The Bertz CT molecular complexity index is 529. The van der Waals surface area contributed by atoms with Crippen molar-refractivity contribution in [1.29, 1.82) is 0 Å². The Morgan fingerprint density at radius 3 is 2.83 bits per heavy atom. The molecule has 18 heavy (non-hydrogen) atoms. The summed E-state index contributed by atoms with van der Waals surface area (Å²) in [5, 5.41) is 0. The normalized spacial score (nSPS) is 16.8. The number of amides is 1. The van der Waals surface area contributed by atoms with E-state index in [1.54, 1.807) is 18.7 Å². The lowest BCUT2D eigenvalue weighted by molar-refractivity contribution is -0.132. The van der Waals surface area contributed by atoms with Crippen molar-refractivity contribution in [2.75, 3.05) is 11.4 Å². The number of nitrogens with two attached hydrogens (primary N) is 1. The molecule has 0 atom stereocenters. The summed E-state index contributed by atoms with van der Waals surface area (Å²) in [6.45, 7) is 4.11. The molecular formula is C14H16N2O2. The van der Waals surface area contributed by atoms with Crippen LogP contribution in [0.1, 0.15) is 19.4 Å². The van der Waals surface area contributed by atoms with E-state index in [9.17, 15) is 4.79 Å². The van der Waals surface area contributed by atoms with E-state index in [2.05, 4.69) is 5.92 Å². The Balaban J connectivity index is 2.53. The largest absolute Gasteiger partial charge is 0.476 e. The molecule has 0 bridgehead atoms. The lowest BCUT2D eigenvalue weighted by atomic mass is 10.0. The maximum absolute atomic E-state index is 12.3. The number of hydrogen-bond acceptors (Lipinski definition) is 3. The number of carbonyl (C=O) groups excluding carboxylic acids is 1. The molecule has 0 radical (unpaired) electrons. The van der Waals surface area contributed by atoms with Crippen LogP contribution in [-0.4, -0.2) is 18.1 Å². The van der Waals surface area contributed by atoms with Crippen LogP contribution in [0.2, 0.25) is 0 Å². The van der Waals surface area contributed by atoms with Gasteiger partial charge in [-0.15, -0.1) is 6.42 Å². The molecule has 1 heterocycles. The van der Waals surface area contributed by atoms with Crippen LogP contribution in [-0.2, 0) is 11.3 Å². The van der Waals surface area contributed by atoms with E-state index in [0.29, 0.717) is 18.0 Å². The van der Waals surface area contributed by atoms with Gasteiger partial charge in [-0.1, -0.05) is 12.0 Å². The molecule has 0 saturated carbocycles. The molecule has 0 aromatic heterocycles. The standard InChI is InChI=1S/C14H16N2O2/c1-4-7-16-11-8-10(9-15)5-6-12(11)18-14(2,3)13(16)17/h1,5-6,8H,7,9,15H2,2-3H3. The number of anilines is 1. The summed E-state index contributed by atoms with van der Waals surface area (Å²) in [6.07, 6.45) is 5.33. The minimum absolute atomic E-state index is 0.137. The second kappa shape index (κ2) is 4.35. The molecule has 4 nitrogen and oxygen atoms in total. The van der Waals surface area contributed by atoms with Crippen LogP contribution in [0.5, 0.6) is 5.75 Å². The van der Waals surface area contributed by atoms with E-state index < -0.39 is 5.60 Å².